The highest BCUT2D eigenvalue weighted by Gasteiger charge is 2.52. The molecule has 1 aromatic carbocycles. The Balaban J connectivity index is 0.968. The summed E-state index contributed by atoms with van der Waals surface area (Å²) in [5.74, 6) is 11.8. The number of hydrogen-bond acceptors (Lipinski definition) is 32. The van der Waals surface area contributed by atoms with Crippen LogP contribution in [0.2, 0.25) is 0 Å². The molecule has 2 bridgehead atoms. The van der Waals surface area contributed by atoms with Crippen molar-refractivity contribution in [1.82, 2.24) is 20.6 Å². The Hall–Kier alpha value is -3.45. The summed E-state index contributed by atoms with van der Waals surface area (Å²) in [7, 11) is 12.3. The highest BCUT2D eigenvalue weighted by molar-refractivity contribution is 14.1. The maximum Gasteiger partial charge on any atom is 0.411 e. The fourth-order valence-electron chi connectivity index (χ4n) is 13.8. The number of nitrogens with zero attached hydrogens (tertiary/aromatic N) is 2. The van der Waals surface area contributed by atoms with E-state index in [-0.39, 0.29) is 81.5 Å². The molecule has 10 N–H and O–H groups in total. The van der Waals surface area contributed by atoms with Crippen molar-refractivity contribution in [2.75, 3.05) is 167 Å². The third-order valence-corrected chi connectivity index (χ3v) is 25.5. The van der Waals surface area contributed by atoms with E-state index >= 15 is 0 Å². The lowest BCUT2D eigenvalue weighted by molar-refractivity contribution is -0.337. The van der Waals surface area contributed by atoms with Gasteiger partial charge in [0.1, 0.15) is 41.7 Å². The minimum atomic E-state index is -2.09. The number of likely N-dealkylation sites (tertiary alicyclic amines) is 1. The number of halogens is 1. The lowest BCUT2D eigenvalue weighted by atomic mass is 9.75. The molecule has 0 aromatic heterocycles. The number of rotatable bonds is 43. The van der Waals surface area contributed by atoms with Crippen LogP contribution in [0.5, 0.6) is 17.2 Å². The number of likely N-dealkylation sites (N-methyl/N-ethyl adjacent to an activating group) is 1. The van der Waals surface area contributed by atoms with Gasteiger partial charge in [0.05, 0.1) is 170 Å². The molecule has 1 amide bonds. The molecule has 19 atom stereocenters. The summed E-state index contributed by atoms with van der Waals surface area (Å²) in [4.78, 5) is 38.6. The first-order valence-corrected chi connectivity index (χ1v) is 42.0. The first-order valence-electron chi connectivity index (χ1n) is 37.6. The molecular weight excluding hydrogens is 1630 g/mol. The van der Waals surface area contributed by atoms with Gasteiger partial charge >= 0.3 is 6.09 Å². The summed E-state index contributed by atoms with van der Waals surface area (Å²) >= 11 is 2.28. The van der Waals surface area contributed by atoms with E-state index in [1.807, 2.05) is 22.6 Å². The topological polar surface area (TPSA) is 387 Å². The highest BCUT2D eigenvalue weighted by atomic mass is 127. The Morgan fingerprint density at radius 3 is 2.05 bits per heavy atom. The normalized spacial score (nSPS) is 31.3. The first kappa shape index (κ1) is 93.1. The van der Waals surface area contributed by atoms with Crippen LogP contribution in [0.4, 0.5) is 4.79 Å². The molecular formula is C75H116IN5O27S3. The van der Waals surface area contributed by atoms with Crippen molar-refractivity contribution in [3.8, 4) is 40.9 Å². The van der Waals surface area contributed by atoms with Crippen molar-refractivity contribution >= 4 is 72.5 Å². The number of fused-ring (bicyclic) bond motifs is 2. The SMILES string of the molecule is CCN(CCCOCCOCCOCCOCCOCCOCCN)[C@H]1CO[C@@H](O[C@H]2[C@H](O[C@H]3C#CC=CC#C[C@]4(O)CC(=O)C(NC(=O)OC)=C3/C4=C\CSSC3CCN(C)CC3)O[C@H](C)[C@@H](NO[C@H]3C[C@H](O)[C@H]([SH]=C(O)c4c(C)c(I)c(O[C@@H]5O[C@@H](C)[C@H](O)[C@@H](OC)[C@H]5O)c(OC)c4OC)[C@@H](C)O3)[C@@H]2O)C[C@@H]1OC. The lowest BCUT2D eigenvalue weighted by Crippen LogP contribution is -2.65. The number of aliphatic hydroxyl groups excluding tert-OH is 5. The van der Waals surface area contributed by atoms with Crippen LogP contribution in [0.15, 0.2) is 35.1 Å². The number of aliphatic hydroxyl groups is 6. The quantitative estimate of drug-likeness (QED) is 0.00854. The molecule has 5 heterocycles. The number of alkyl carbamates (subject to hydrolysis) is 1. The molecule has 36 heteroatoms. The fraction of sp³-hybridized carbons (Fsp3) is 0.747. The number of hydroxylamine groups is 1. The maximum atomic E-state index is 14.5. The van der Waals surface area contributed by atoms with E-state index in [4.69, 9.17) is 95.8 Å². The number of carbonyl (C=O) groups is 2. The van der Waals surface area contributed by atoms with Crippen molar-refractivity contribution in [2.45, 2.75) is 194 Å². The van der Waals surface area contributed by atoms with E-state index in [0.29, 0.717) is 125 Å². The molecule has 0 spiro atoms. The van der Waals surface area contributed by atoms with Gasteiger partial charge in [-0.2, -0.15) is 16.8 Å². The van der Waals surface area contributed by atoms with E-state index in [0.717, 1.165) is 33.0 Å². The largest absolute Gasteiger partial charge is 0.492 e. The average molecular weight is 1740 g/mol. The van der Waals surface area contributed by atoms with Crippen LogP contribution in [0, 0.1) is 34.2 Å². The molecule has 5 aliphatic heterocycles. The summed E-state index contributed by atoms with van der Waals surface area (Å²) in [5, 5.41) is 73.5. The second kappa shape index (κ2) is 47.8. The van der Waals surface area contributed by atoms with E-state index < -0.39 is 127 Å². The lowest BCUT2D eigenvalue weighted by Gasteiger charge is -2.47. The van der Waals surface area contributed by atoms with Crippen LogP contribution in [-0.2, 0) is 80.7 Å². The molecule has 7 aliphatic rings. The molecule has 1 aromatic rings. The minimum Gasteiger partial charge on any atom is -0.492 e. The number of nitrogens with two attached hydrogens (primary N) is 1. The van der Waals surface area contributed by atoms with E-state index in [2.05, 4.69) is 58.2 Å². The number of benzene rings is 1. The number of nitrogens with one attached hydrogen (secondary N) is 2. The molecule has 0 radical (unpaired) electrons. The number of carbonyl (C=O) groups excluding carboxylic acids is 2. The van der Waals surface area contributed by atoms with Gasteiger partial charge in [-0.25, -0.2) is 4.79 Å². The molecule has 0 saturated carbocycles. The second-order valence-electron chi connectivity index (χ2n) is 27.4. The summed E-state index contributed by atoms with van der Waals surface area (Å²) in [6.45, 7) is 18.1. The summed E-state index contributed by atoms with van der Waals surface area (Å²) in [5.41, 5.74) is 6.97. The van der Waals surface area contributed by atoms with Crippen molar-refractivity contribution in [3.63, 3.8) is 0 Å². The third-order valence-electron chi connectivity index (χ3n) is 19.8. The Morgan fingerprint density at radius 1 is 0.793 bits per heavy atom. The van der Waals surface area contributed by atoms with Crippen LogP contribution in [0.25, 0.3) is 0 Å². The zero-order valence-corrected chi connectivity index (χ0v) is 69.9. The van der Waals surface area contributed by atoms with E-state index in [1.54, 1.807) is 62.5 Å². The average Bonchev–Trinajstić information content (AvgIpc) is 0.760. The van der Waals surface area contributed by atoms with Gasteiger partial charge in [0.2, 0.25) is 12.0 Å². The zero-order valence-electron chi connectivity index (χ0n) is 65.2. The number of methoxy groups -OCH3 is 5. The van der Waals surface area contributed by atoms with Crippen molar-refractivity contribution in [1.29, 1.82) is 0 Å². The molecule has 628 valence electrons. The van der Waals surface area contributed by atoms with Crippen LogP contribution >= 0.6 is 55.5 Å². The van der Waals surface area contributed by atoms with Gasteiger partial charge in [-0.3, -0.25) is 19.8 Å². The molecule has 32 nitrogen and oxygen atoms in total. The van der Waals surface area contributed by atoms with Crippen LogP contribution in [0.3, 0.4) is 0 Å². The Labute approximate surface area is 676 Å². The fourth-order valence-corrected chi connectivity index (χ4v) is 18.2. The van der Waals surface area contributed by atoms with Gasteiger partial charge in [-0.1, -0.05) is 58.3 Å². The van der Waals surface area contributed by atoms with Crippen molar-refractivity contribution < 1.29 is 130 Å². The van der Waals surface area contributed by atoms with Gasteiger partial charge in [-0.15, -0.1) is 0 Å². The van der Waals surface area contributed by atoms with Crippen LogP contribution in [-0.4, -0.2) is 345 Å². The van der Waals surface area contributed by atoms with Gasteiger partial charge in [0.15, 0.2) is 41.8 Å². The van der Waals surface area contributed by atoms with E-state index in [9.17, 15) is 40.2 Å². The standard InChI is InChI=1S/C75H116IN5O27S3/c1-12-81(24-17-27-95-29-31-97-33-35-99-37-38-100-36-34-98-32-30-96-28-23-77)50-43-101-55(41-54(50)90-7)106-68-63(85)60(45(3)103-73(68)105-53-18-15-13-14-16-22-75(89)42-52(83)61(78-74(88)94-11)58(53)49(75)21-39-109-111-48-19-25-80(6)26-20-48)79-108-56-40-51(82)70(47(5)102-56)110-71(87)57-44(2)59(76)66(69(93-10)65(57)91-8)107-72-64(86)67(92-9)62(84)46(4)104-72/h13-14,21,45-48,50-51,53-56,60,62-64,67-68,70,72-73,79,82,84-87,89,110H,12,17,19-20,23-43,77H2,1-11H3,(H,78,88)/b14-13?,49-21+/t45-,46+,47-,50+,51+,53+,54+,55+,56+,60-,62+,63+,64-,67-,68-,70-,72+,73+,75+/m1/s1. The number of ketones is 1. The molecule has 8 rings (SSSR count). The molecule has 0 unspecified atom stereocenters. The van der Waals surface area contributed by atoms with Crippen molar-refractivity contribution in [2.24, 2.45) is 5.73 Å². The van der Waals surface area contributed by atoms with Crippen LogP contribution in [0.1, 0.15) is 77.3 Å². The van der Waals surface area contributed by atoms with E-state index in [1.165, 1.54) is 33.5 Å². The highest BCUT2D eigenvalue weighted by Crippen LogP contribution is 2.48. The number of thiol groups is 1. The van der Waals surface area contributed by atoms with Crippen LogP contribution < -0.4 is 30.7 Å². The van der Waals surface area contributed by atoms with Gasteiger partial charge in [0, 0.05) is 68.9 Å². The second-order valence-corrected chi connectivity index (χ2v) is 32.4. The number of amides is 1. The smallest absolute Gasteiger partial charge is 0.411 e. The molecule has 5 saturated heterocycles. The van der Waals surface area contributed by atoms with Gasteiger partial charge in [-0.05, 0) is 114 Å². The predicted molar refractivity (Wildman–Crippen MR) is 423 cm³/mol. The number of piperidine rings is 1. The minimum absolute atomic E-state index is 0.00850. The predicted octanol–water partition coefficient (Wildman–Crippen LogP) is 2.80. The number of ether oxygens (including phenoxy) is 18. The number of hydrogen-bond donors (Lipinski definition) is 10. The van der Waals surface area contributed by atoms with Crippen molar-refractivity contribution in [3.05, 3.63) is 49.8 Å². The Morgan fingerprint density at radius 2 is 1.43 bits per heavy atom. The summed E-state index contributed by atoms with van der Waals surface area (Å²) in [6.07, 6.45) is -11.3. The van der Waals surface area contributed by atoms with Gasteiger partial charge < -0.3 is 127 Å². The Kier molecular flexibility index (Phi) is 40.1. The molecule has 5 fully saturated rings. The number of Topliss-reactive ketones (excluding diaryl/α,β-unsaturated/α-hetero) is 1. The summed E-state index contributed by atoms with van der Waals surface area (Å²) in [6, 6.07) is -1.35. The summed E-state index contributed by atoms with van der Waals surface area (Å²) < 4.78 is 108. The zero-order chi connectivity index (χ0) is 80.2. The molecule has 2 aliphatic carbocycles. The molecule has 111 heavy (non-hydrogen) atoms. The Bertz CT molecular complexity index is 3330. The third kappa shape index (κ3) is 26.3. The maximum absolute atomic E-state index is 14.5. The number of allylic oxidation sites excluding steroid dienone is 3. The van der Waals surface area contributed by atoms with Gasteiger partial charge in [0.25, 0.3) is 0 Å². The monoisotopic (exact) mass is 1740 g/mol. The first-order chi connectivity index (χ1) is 53.5.